The van der Waals surface area contributed by atoms with E-state index in [9.17, 15) is 9.90 Å². The van der Waals surface area contributed by atoms with Crippen molar-refractivity contribution in [2.75, 3.05) is 5.32 Å². The van der Waals surface area contributed by atoms with E-state index in [1.165, 1.54) is 43.4 Å². The highest BCUT2D eigenvalue weighted by Crippen LogP contribution is 2.39. The van der Waals surface area contributed by atoms with E-state index in [1.807, 2.05) is 0 Å². The molecule has 1 aromatic rings. The van der Waals surface area contributed by atoms with Gasteiger partial charge in [0, 0.05) is 10.9 Å². The van der Waals surface area contributed by atoms with Gasteiger partial charge in [-0.3, -0.25) is 4.79 Å². The van der Waals surface area contributed by atoms with Gasteiger partial charge >= 0.3 is 5.97 Å². The fourth-order valence-corrected chi connectivity index (χ4v) is 4.82. The van der Waals surface area contributed by atoms with Crippen LogP contribution >= 0.6 is 11.3 Å². The van der Waals surface area contributed by atoms with Gasteiger partial charge in [-0.05, 0) is 44.4 Å². The van der Waals surface area contributed by atoms with Gasteiger partial charge in [-0.25, -0.2) is 4.98 Å². The van der Waals surface area contributed by atoms with Crippen molar-refractivity contribution in [1.82, 2.24) is 4.98 Å². The highest BCUT2D eigenvalue weighted by molar-refractivity contribution is 7.15. The third kappa shape index (κ3) is 3.23. The summed E-state index contributed by atoms with van der Waals surface area (Å²) >= 11 is 1.66. The fraction of sp³-hybridized carbons (Fsp3) is 0.750. The molecule has 1 unspecified atom stereocenters. The van der Waals surface area contributed by atoms with E-state index < -0.39 is 5.97 Å². The Kier molecular flexibility index (Phi) is 4.48. The molecule has 0 aromatic carbocycles. The van der Waals surface area contributed by atoms with Gasteiger partial charge in [0.05, 0.1) is 5.69 Å². The second-order valence-electron chi connectivity index (χ2n) is 6.41. The molecule has 2 N–H and O–H groups in total. The Morgan fingerprint density at radius 2 is 2.10 bits per heavy atom. The summed E-state index contributed by atoms with van der Waals surface area (Å²) in [7, 11) is 0. The first kappa shape index (κ1) is 14.8. The van der Waals surface area contributed by atoms with Crippen LogP contribution in [0.5, 0.6) is 0 Å². The SMILES string of the molecule is CCCC1CCC(Nc2nc3c(s2)CCC3C(=O)O)CC1. The highest BCUT2D eigenvalue weighted by Gasteiger charge is 2.32. The Balaban J connectivity index is 1.58. The molecule has 1 fully saturated rings. The van der Waals surface area contributed by atoms with E-state index in [0.717, 1.165) is 23.2 Å². The largest absolute Gasteiger partial charge is 0.481 e. The number of carboxylic acid groups (broad SMARTS) is 1. The van der Waals surface area contributed by atoms with E-state index >= 15 is 0 Å². The Hall–Kier alpha value is -1.10. The van der Waals surface area contributed by atoms with E-state index in [0.29, 0.717) is 12.5 Å². The third-order valence-corrected chi connectivity index (χ3v) is 5.95. The number of thiazole rings is 1. The van der Waals surface area contributed by atoms with Crippen LogP contribution in [-0.4, -0.2) is 22.1 Å². The van der Waals surface area contributed by atoms with Crippen LogP contribution in [-0.2, 0) is 11.2 Å². The molecule has 1 heterocycles. The summed E-state index contributed by atoms with van der Waals surface area (Å²) in [6.07, 6.45) is 9.30. The molecule has 0 aliphatic heterocycles. The maximum absolute atomic E-state index is 11.2. The summed E-state index contributed by atoms with van der Waals surface area (Å²) in [6, 6.07) is 0.521. The predicted octanol–water partition coefficient (Wildman–Crippen LogP) is 4.03. The number of rotatable bonds is 5. The van der Waals surface area contributed by atoms with Gasteiger partial charge in [-0.2, -0.15) is 0 Å². The van der Waals surface area contributed by atoms with Crippen molar-refractivity contribution >= 4 is 22.4 Å². The third-order valence-electron chi connectivity index (χ3n) is 4.89. The van der Waals surface area contributed by atoms with E-state index in [4.69, 9.17) is 0 Å². The van der Waals surface area contributed by atoms with Gasteiger partial charge in [0.25, 0.3) is 0 Å². The van der Waals surface area contributed by atoms with E-state index in [1.54, 1.807) is 11.3 Å². The number of hydrogen-bond donors (Lipinski definition) is 2. The number of hydrogen-bond acceptors (Lipinski definition) is 4. The molecule has 0 radical (unpaired) electrons. The van der Waals surface area contributed by atoms with Crippen LogP contribution in [0.3, 0.4) is 0 Å². The van der Waals surface area contributed by atoms with Crippen LogP contribution < -0.4 is 5.32 Å². The smallest absolute Gasteiger partial charge is 0.312 e. The van der Waals surface area contributed by atoms with Crippen LogP contribution in [0.1, 0.15) is 68.4 Å². The lowest BCUT2D eigenvalue weighted by Gasteiger charge is -2.28. The molecule has 5 heteroatoms. The quantitative estimate of drug-likeness (QED) is 0.862. The number of carboxylic acids is 1. The monoisotopic (exact) mass is 308 g/mol. The first-order chi connectivity index (χ1) is 10.2. The molecule has 2 aliphatic rings. The molecular formula is C16H24N2O2S. The minimum Gasteiger partial charge on any atom is -0.481 e. The number of nitrogens with zero attached hydrogens (tertiary/aromatic N) is 1. The van der Waals surface area contributed by atoms with Crippen molar-refractivity contribution < 1.29 is 9.90 Å². The molecule has 21 heavy (non-hydrogen) atoms. The summed E-state index contributed by atoms with van der Waals surface area (Å²) < 4.78 is 0. The van der Waals surface area contributed by atoms with E-state index in [-0.39, 0.29) is 5.92 Å². The lowest BCUT2D eigenvalue weighted by Crippen LogP contribution is -2.26. The van der Waals surface area contributed by atoms with Crippen LogP contribution in [0, 0.1) is 5.92 Å². The van der Waals surface area contributed by atoms with E-state index in [2.05, 4.69) is 17.2 Å². The molecular weight excluding hydrogens is 284 g/mol. The Morgan fingerprint density at radius 3 is 2.76 bits per heavy atom. The van der Waals surface area contributed by atoms with Crippen LogP contribution in [0.2, 0.25) is 0 Å². The number of aryl methyl sites for hydroxylation is 1. The molecule has 116 valence electrons. The number of anilines is 1. The van der Waals surface area contributed by atoms with Crippen molar-refractivity contribution in [2.24, 2.45) is 5.92 Å². The molecule has 2 aliphatic carbocycles. The van der Waals surface area contributed by atoms with Crippen molar-refractivity contribution in [2.45, 2.75) is 70.3 Å². The van der Waals surface area contributed by atoms with Crippen LogP contribution in [0.4, 0.5) is 5.13 Å². The molecule has 1 aromatic heterocycles. The number of aromatic nitrogens is 1. The van der Waals surface area contributed by atoms with Gasteiger partial charge < -0.3 is 10.4 Å². The second kappa shape index (κ2) is 6.34. The molecule has 0 bridgehead atoms. The zero-order valence-corrected chi connectivity index (χ0v) is 13.4. The normalized spacial score (nSPS) is 28.3. The second-order valence-corrected chi connectivity index (χ2v) is 7.49. The van der Waals surface area contributed by atoms with Crippen LogP contribution in [0.25, 0.3) is 0 Å². The first-order valence-corrected chi connectivity index (χ1v) is 8.98. The van der Waals surface area contributed by atoms with Gasteiger partial charge in [0.15, 0.2) is 5.13 Å². The number of aliphatic carboxylic acids is 1. The minimum atomic E-state index is -0.731. The maximum Gasteiger partial charge on any atom is 0.312 e. The molecule has 1 saturated carbocycles. The minimum absolute atomic E-state index is 0.382. The summed E-state index contributed by atoms with van der Waals surface area (Å²) in [6.45, 7) is 2.26. The summed E-state index contributed by atoms with van der Waals surface area (Å²) in [5, 5.41) is 13.7. The van der Waals surface area contributed by atoms with Crippen molar-refractivity contribution in [3.8, 4) is 0 Å². The Labute approximate surface area is 130 Å². The lowest BCUT2D eigenvalue weighted by atomic mass is 9.83. The summed E-state index contributed by atoms with van der Waals surface area (Å²) in [4.78, 5) is 16.9. The molecule has 0 saturated heterocycles. The zero-order chi connectivity index (χ0) is 14.8. The molecule has 4 nitrogen and oxygen atoms in total. The molecule has 3 rings (SSSR count). The topological polar surface area (TPSA) is 62.2 Å². The average Bonchev–Trinajstić information content (AvgIpc) is 3.00. The van der Waals surface area contributed by atoms with Gasteiger partial charge in [0.1, 0.15) is 5.92 Å². The number of nitrogens with one attached hydrogen (secondary N) is 1. The van der Waals surface area contributed by atoms with Gasteiger partial charge in [-0.1, -0.05) is 19.8 Å². The Bertz CT molecular complexity index is 506. The maximum atomic E-state index is 11.2. The highest BCUT2D eigenvalue weighted by atomic mass is 32.1. The summed E-state index contributed by atoms with van der Waals surface area (Å²) in [5.74, 6) is -0.205. The molecule has 0 amide bonds. The van der Waals surface area contributed by atoms with Crippen molar-refractivity contribution in [3.63, 3.8) is 0 Å². The van der Waals surface area contributed by atoms with Gasteiger partial charge in [-0.15, -0.1) is 11.3 Å². The predicted molar refractivity (Wildman–Crippen MR) is 85.1 cm³/mol. The number of carbonyl (C=O) groups is 1. The van der Waals surface area contributed by atoms with Gasteiger partial charge in [0.2, 0.25) is 0 Å². The first-order valence-electron chi connectivity index (χ1n) is 8.16. The van der Waals surface area contributed by atoms with Crippen LogP contribution in [0.15, 0.2) is 0 Å². The molecule has 0 spiro atoms. The lowest BCUT2D eigenvalue weighted by molar-refractivity contribution is -0.138. The standard InChI is InChI=1S/C16H24N2O2S/c1-2-3-10-4-6-11(7-5-10)17-16-18-14-12(15(19)20)8-9-13(14)21-16/h10-12H,2-9H2,1H3,(H,17,18)(H,19,20). The summed E-state index contributed by atoms with van der Waals surface area (Å²) in [5.41, 5.74) is 0.815. The molecule has 1 atom stereocenters. The average molecular weight is 308 g/mol. The van der Waals surface area contributed by atoms with Crippen molar-refractivity contribution in [3.05, 3.63) is 10.6 Å². The zero-order valence-electron chi connectivity index (χ0n) is 12.6. The van der Waals surface area contributed by atoms with Crippen molar-refractivity contribution in [1.29, 1.82) is 0 Å². The fourth-order valence-electron chi connectivity index (χ4n) is 3.71. The Morgan fingerprint density at radius 1 is 1.33 bits per heavy atom. The number of fused-ring (bicyclic) bond motifs is 1.